The van der Waals surface area contributed by atoms with E-state index in [0.717, 1.165) is 6.42 Å². The topological polar surface area (TPSA) is 6.48 Å². The summed E-state index contributed by atoms with van der Waals surface area (Å²) in [6, 6.07) is 44.0. The van der Waals surface area contributed by atoms with E-state index < -0.39 is 0 Å². The van der Waals surface area contributed by atoms with Gasteiger partial charge in [-0.1, -0.05) is 184 Å². The summed E-state index contributed by atoms with van der Waals surface area (Å²) in [7, 11) is 0. The summed E-state index contributed by atoms with van der Waals surface area (Å²) in [6.07, 6.45) is 4.70. The van der Waals surface area contributed by atoms with E-state index in [9.17, 15) is 0 Å². The quantitative estimate of drug-likeness (QED) is 0.163. The monoisotopic (exact) mass is 941 g/mol. The zero-order valence-corrected chi connectivity index (χ0v) is 46.4. The molecule has 2 nitrogen and oxygen atoms in total. The molecular formula is C66H77BN2S. The van der Waals surface area contributed by atoms with Crippen LogP contribution >= 0.6 is 11.3 Å². The first-order chi connectivity index (χ1) is 32.6. The van der Waals surface area contributed by atoms with Gasteiger partial charge in [-0.05, 0) is 172 Å². The zero-order chi connectivity index (χ0) is 50.0. The third-order valence-corrected chi connectivity index (χ3v) is 18.8. The fraction of sp³-hybridized carbons (Fsp3) is 0.424. The number of hydrogen-bond acceptors (Lipinski definition) is 3. The van der Waals surface area contributed by atoms with Crippen LogP contribution in [0.1, 0.15) is 182 Å². The second-order valence-electron chi connectivity index (χ2n) is 27.6. The van der Waals surface area contributed by atoms with Gasteiger partial charge in [-0.2, -0.15) is 0 Å². The standard InChI is InChI=1S/C66H77BN2S/c1-60(2,3)41-23-29-51(45(35-41)40-21-19-18-20-22-40)69-53-38-43(62(7,8)9)37-52-57(53)67(56-46-36-42(61(4,5)6)24-30-54(46)70-59(56)69)50-28-27-48-55(66(16,17)34-33-64(48,12)13)58(50)68(52)44-25-26-47-49(39-44)65(14,15)32-31-63(47,10)11/h18-30,35-39H,31-34H2,1-17H3. The SMILES string of the molecule is CC(C)(C)c1ccc(N2c3cc(C(C)(C)C)cc4c3B(c3ccc5c(c3N4c3ccc4c(c3)C(C)(C)CCC4(C)C)C(C)(C)CCC5(C)C)c3c2sc2ccc(C(C)(C)C)cc32)c(-c2ccccc2)c1. The van der Waals surface area contributed by atoms with E-state index in [4.69, 9.17) is 0 Å². The second-order valence-corrected chi connectivity index (χ2v) is 28.6. The molecule has 0 unspecified atom stereocenters. The molecule has 0 spiro atoms. The van der Waals surface area contributed by atoms with Gasteiger partial charge in [-0.15, -0.1) is 11.3 Å². The van der Waals surface area contributed by atoms with Crippen molar-refractivity contribution in [2.75, 3.05) is 9.80 Å². The molecule has 0 atom stereocenters. The Hall–Kier alpha value is -5.06. The van der Waals surface area contributed by atoms with Crippen molar-refractivity contribution >= 4 is 78.0 Å². The van der Waals surface area contributed by atoms with Gasteiger partial charge in [0.25, 0.3) is 6.71 Å². The Morgan fingerprint density at radius 3 is 1.67 bits per heavy atom. The van der Waals surface area contributed by atoms with Gasteiger partial charge < -0.3 is 9.80 Å². The van der Waals surface area contributed by atoms with Crippen LogP contribution in [0.5, 0.6) is 0 Å². The molecule has 1 aromatic heterocycles. The molecule has 0 amide bonds. The van der Waals surface area contributed by atoms with Crippen molar-refractivity contribution in [3.05, 3.63) is 148 Å². The lowest BCUT2D eigenvalue weighted by molar-refractivity contribution is 0.331. The van der Waals surface area contributed by atoms with Gasteiger partial charge in [-0.25, -0.2) is 0 Å². The van der Waals surface area contributed by atoms with Crippen LogP contribution in [-0.2, 0) is 37.9 Å². The third-order valence-electron chi connectivity index (χ3n) is 17.6. The van der Waals surface area contributed by atoms with Crippen LogP contribution < -0.4 is 26.2 Å². The lowest BCUT2D eigenvalue weighted by Gasteiger charge is -2.50. The average Bonchev–Trinajstić information content (AvgIpc) is 3.66. The molecule has 3 heterocycles. The summed E-state index contributed by atoms with van der Waals surface area (Å²) < 4.78 is 1.35. The highest BCUT2D eigenvalue weighted by atomic mass is 32.1. The maximum atomic E-state index is 2.80. The molecule has 360 valence electrons. The number of hydrogen-bond donors (Lipinski definition) is 0. The fourth-order valence-corrected chi connectivity index (χ4v) is 14.2. The number of benzene rings is 6. The maximum Gasteiger partial charge on any atom is 0.254 e. The molecule has 0 bridgehead atoms. The van der Waals surface area contributed by atoms with Gasteiger partial charge in [0.15, 0.2) is 0 Å². The Kier molecular flexibility index (Phi) is 10.3. The van der Waals surface area contributed by atoms with Gasteiger partial charge in [0, 0.05) is 33.0 Å². The van der Waals surface area contributed by atoms with Crippen molar-refractivity contribution in [3.8, 4) is 11.1 Å². The molecule has 0 N–H and O–H groups in total. The summed E-state index contributed by atoms with van der Waals surface area (Å²) in [5, 5.41) is 2.73. The molecule has 2 aliphatic carbocycles. The first-order valence-corrected chi connectivity index (χ1v) is 27.3. The molecule has 7 aromatic rings. The van der Waals surface area contributed by atoms with Crippen molar-refractivity contribution in [2.24, 2.45) is 0 Å². The van der Waals surface area contributed by atoms with Crippen LogP contribution in [0.25, 0.3) is 21.2 Å². The van der Waals surface area contributed by atoms with E-state index >= 15 is 0 Å². The smallest absolute Gasteiger partial charge is 0.254 e. The number of anilines is 6. The summed E-state index contributed by atoms with van der Waals surface area (Å²) >= 11 is 1.99. The number of nitrogens with zero attached hydrogens (tertiary/aromatic N) is 2. The second kappa shape index (κ2) is 15.2. The summed E-state index contributed by atoms with van der Waals surface area (Å²) in [5.74, 6) is 0. The lowest BCUT2D eigenvalue weighted by atomic mass is 9.33. The van der Waals surface area contributed by atoms with E-state index in [1.165, 1.54) is 129 Å². The normalized spacial score (nSPS) is 18.5. The maximum absolute atomic E-state index is 2.80. The largest absolute Gasteiger partial charge is 0.311 e. The van der Waals surface area contributed by atoms with Crippen molar-refractivity contribution in [2.45, 2.75) is 181 Å². The predicted molar refractivity (Wildman–Crippen MR) is 308 cm³/mol. The van der Waals surface area contributed by atoms with Gasteiger partial charge in [0.2, 0.25) is 0 Å². The molecule has 0 saturated carbocycles. The molecule has 4 aliphatic rings. The van der Waals surface area contributed by atoms with Gasteiger partial charge in [0.05, 0.1) is 10.7 Å². The summed E-state index contributed by atoms with van der Waals surface area (Å²) in [6.45, 7) is 41.4. The van der Waals surface area contributed by atoms with Crippen LogP contribution in [-0.4, -0.2) is 6.71 Å². The number of rotatable bonds is 3. The highest BCUT2D eigenvalue weighted by Crippen LogP contribution is 2.57. The van der Waals surface area contributed by atoms with Gasteiger partial charge in [0.1, 0.15) is 0 Å². The van der Waals surface area contributed by atoms with Crippen LogP contribution in [0.4, 0.5) is 33.4 Å². The van der Waals surface area contributed by atoms with Crippen LogP contribution in [0, 0.1) is 0 Å². The molecule has 0 saturated heterocycles. The molecule has 2 aliphatic heterocycles. The van der Waals surface area contributed by atoms with Crippen molar-refractivity contribution in [1.82, 2.24) is 0 Å². The minimum Gasteiger partial charge on any atom is -0.311 e. The Balaban J connectivity index is 1.33. The summed E-state index contributed by atoms with van der Waals surface area (Å²) in [4.78, 5) is 5.53. The van der Waals surface area contributed by atoms with E-state index in [2.05, 4.69) is 237 Å². The zero-order valence-electron chi connectivity index (χ0n) is 45.6. The van der Waals surface area contributed by atoms with Crippen molar-refractivity contribution < 1.29 is 0 Å². The Morgan fingerprint density at radius 2 is 1.03 bits per heavy atom. The Morgan fingerprint density at radius 1 is 0.471 bits per heavy atom. The van der Waals surface area contributed by atoms with E-state index in [1.807, 2.05) is 11.3 Å². The highest BCUT2D eigenvalue weighted by molar-refractivity contribution is 7.26. The molecule has 0 fully saturated rings. The lowest BCUT2D eigenvalue weighted by Crippen LogP contribution is -2.62. The van der Waals surface area contributed by atoms with E-state index in [1.54, 1.807) is 0 Å². The number of fused-ring (bicyclic) bond motifs is 9. The van der Waals surface area contributed by atoms with Gasteiger partial charge in [-0.3, -0.25) is 0 Å². The van der Waals surface area contributed by atoms with Crippen LogP contribution in [0.2, 0.25) is 0 Å². The van der Waals surface area contributed by atoms with Crippen molar-refractivity contribution in [3.63, 3.8) is 0 Å². The van der Waals surface area contributed by atoms with Crippen molar-refractivity contribution in [1.29, 1.82) is 0 Å². The number of thiophene rings is 1. The summed E-state index contributed by atoms with van der Waals surface area (Å²) in [5.41, 5.74) is 23.6. The van der Waals surface area contributed by atoms with Crippen LogP contribution in [0.3, 0.4) is 0 Å². The fourth-order valence-electron chi connectivity index (χ4n) is 12.9. The highest BCUT2D eigenvalue weighted by Gasteiger charge is 2.50. The molecular weight excluding hydrogens is 864 g/mol. The Bertz CT molecular complexity index is 3280. The van der Waals surface area contributed by atoms with Crippen LogP contribution in [0.15, 0.2) is 109 Å². The molecule has 4 heteroatoms. The first kappa shape index (κ1) is 47.3. The molecule has 0 radical (unpaired) electrons. The molecule has 70 heavy (non-hydrogen) atoms. The molecule has 11 rings (SSSR count). The minimum absolute atomic E-state index is 0.00392. The average molecular weight is 941 g/mol. The predicted octanol–water partition coefficient (Wildman–Crippen LogP) is 17.2. The van der Waals surface area contributed by atoms with E-state index in [0.29, 0.717) is 0 Å². The molecule has 6 aromatic carbocycles. The first-order valence-electron chi connectivity index (χ1n) is 26.5. The minimum atomic E-state index is -0.127. The van der Waals surface area contributed by atoms with E-state index in [-0.39, 0.29) is 44.6 Å². The third kappa shape index (κ3) is 7.22. The Labute approximate surface area is 426 Å². The van der Waals surface area contributed by atoms with Gasteiger partial charge >= 0.3 is 0 Å².